The first-order valence-electron chi connectivity index (χ1n) is 10.0. The summed E-state index contributed by atoms with van der Waals surface area (Å²) in [5.41, 5.74) is 4.13. The van der Waals surface area contributed by atoms with Gasteiger partial charge in [-0.25, -0.2) is 0 Å². The molecule has 0 aliphatic heterocycles. The van der Waals surface area contributed by atoms with Gasteiger partial charge in [-0.1, -0.05) is 45.3 Å². The topological polar surface area (TPSA) is 37.3 Å². The molecule has 0 amide bonds. The van der Waals surface area contributed by atoms with E-state index in [4.69, 9.17) is 0 Å². The van der Waals surface area contributed by atoms with E-state index in [1.807, 2.05) is 0 Å². The van der Waals surface area contributed by atoms with Crippen molar-refractivity contribution in [1.29, 1.82) is 0 Å². The molecule has 3 aliphatic rings. The molecule has 2 saturated carbocycles. The van der Waals surface area contributed by atoms with Gasteiger partial charge >= 0.3 is 5.97 Å². The Kier molecular flexibility index (Phi) is 4.42. The van der Waals surface area contributed by atoms with Crippen molar-refractivity contribution in [2.24, 2.45) is 28.1 Å². The van der Waals surface area contributed by atoms with Gasteiger partial charge in [0.25, 0.3) is 0 Å². The van der Waals surface area contributed by atoms with E-state index in [9.17, 15) is 9.90 Å². The molecule has 2 nitrogen and oxygen atoms in total. The Balaban J connectivity index is 1.96. The molecule has 2 fully saturated rings. The fraction of sp³-hybridized carbons (Fsp3) is 0.864. The summed E-state index contributed by atoms with van der Waals surface area (Å²) in [6, 6.07) is 0. The zero-order valence-electron chi connectivity index (χ0n) is 16.4. The zero-order chi connectivity index (χ0) is 17.8. The molecule has 136 valence electrons. The minimum Gasteiger partial charge on any atom is -0.481 e. The standard InChI is InChI=1S/C22H36O2/c1-15-7-9-18-21(4,16(15)8-10-19(23)24)14-11-17-20(2,3)12-6-13-22(17,18)5/h17-18H,6-14H2,1-5H3,(H,23,24)/t17-,18-,21-,22-/m0/s1. The summed E-state index contributed by atoms with van der Waals surface area (Å²) in [6.45, 7) is 12.3. The number of fused-ring (bicyclic) bond motifs is 3. The summed E-state index contributed by atoms with van der Waals surface area (Å²) in [5.74, 6) is 0.909. The maximum absolute atomic E-state index is 11.2. The van der Waals surface area contributed by atoms with Gasteiger partial charge in [0.05, 0.1) is 0 Å². The highest BCUT2D eigenvalue weighted by molar-refractivity contribution is 5.67. The number of carbonyl (C=O) groups is 1. The Bertz CT molecular complexity index is 558. The van der Waals surface area contributed by atoms with Crippen LogP contribution in [0.3, 0.4) is 0 Å². The largest absolute Gasteiger partial charge is 0.481 e. The predicted molar refractivity (Wildman–Crippen MR) is 98.9 cm³/mol. The summed E-state index contributed by atoms with van der Waals surface area (Å²) < 4.78 is 0. The highest BCUT2D eigenvalue weighted by Gasteiger charge is 2.59. The van der Waals surface area contributed by atoms with Crippen molar-refractivity contribution < 1.29 is 9.90 Å². The van der Waals surface area contributed by atoms with Crippen LogP contribution in [0, 0.1) is 28.1 Å². The molecular formula is C22H36O2. The van der Waals surface area contributed by atoms with Gasteiger partial charge in [-0.15, -0.1) is 0 Å². The fourth-order valence-corrected chi connectivity index (χ4v) is 7.39. The van der Waals surface area contributed by atoms with Gasteiger partial charge in [-0.3, -0.25) is 4.79 Å². The number of carboxylic acid groups (broad SMARTS) is 1. The minimum absolute atomic E-state index is 0.233. The fourth-order valence-electron chi connectivity index (χ4n) is 7.39. The Hall–Kier alpha value is -0.790. The number of rotatable bonds is 3. The van der Waals surface area contributed by atoms with Crippen LogP contribution in [-0.2, 0) is 4.79 Å². The van der Waals surface area contributed by atoms with Gasteiger partial charge in [-0.2, -0.15) is 0 Å². The van der Waals surface area contributed by atoms with Crippen molar-refractivity contribution in [2.45, 2.75) is 92.4 Å². The number of allylic oxidation sites excluding steroid dienone is 2. The van der Waals surface area contributed by atoms with Crippen molar-refractivity contribution in [3.8, 4) is 0 Å². The first-order valence-corrected chi connectivity index (χ1v) is 10.0. The van der Waals surface area contributed by atoms with Crippen LogP contribution in [0.1, 0.15) is 92.4 Å². The third kappa shape index (κ3) is 2.65. The predicted octanol–water partition coefficient (Wildman–Crippen LogP) is 6.21. The Morgan fingerprint density at radius 1 is 1.08 bits per heavy atom. The van der Waals surface area contributed by atoms with Gasteiger partial charge in [0.1, 0.15) is 0 Å². The van der Waals surface area contributed by atoms with Crippen LogP contribution in [0.4, 0.5) is 0 Å². The van der Waals surface area contributed by atoms with E-state index in [2.05, 4.69) is 34.6 Å². The first-order chi connectivity index (χ1) is 11.1. The third-order valence-corrected chi connectivity index (χ3v) is 8.39. The van der Waals surface area contributed by atoms with Crippen LogP contribution in [0.15, 0.2) is 11.1 Å². The molecule has 0 spiro atoms. The monoisotopic (exact) mass is 332 g/mol. The van der Waals surface area contributed by atoms with Crippen LogP contribution >= 0.6 is 0 Å². The molecule has 3 rings (SSSR count). The minimum atomic E-state index is -0.653. The lowest BCUT2D eigenvalue weighted by atomic mass is 9.40. The molecule has 0 unspecified atom stereocenters. The normalized spacial score (nSPS) is 41.5. The van der Waals surface area contributed by atoms with E-state index in [0.29, 0.717) is 17.3 Å². The molecular weight excluding hydrogens is 296 g/mol. The number of aliphatic carboxylic acids is 1. The van der Waals surface area contributed by atoms with E-state index in [0.717, 1.165) is 18.3 Å². The highest BCUT2D eigenvalue weighted by Crippen LogP contribution is 2.68. The second-order valence-electron chi connectivity index (χ2n) is 10.1. The molecule has 3 aliphatic carbocycles. The SMILES string of the molecule is CC1=C(CCC(=O)O)[C@]2(C)CC[C@H]3C(C)(C)CCC[C@]3(C)[C@H]2CC1. The van der Waals surface area contributed by atoms with Gasteiger partial charge < -0.3 is 5.11 Å². The van der Waals surface area contributed by atoms with E-state index >= 15 is 0 Å². The van der Waals surface area contributed by atoms with E-state index in [1.54, 1.807) is 0 Å². The van der Waals surface area contributed by atoms with Crippen LogP contribution in [0.2, 0.25) is 0 Å². The molecule has 0 heterocycles. The van der Waals surface area contributed by atoms with Gasteiger partial charge in [0.15, 0.2) is 0 Å². The maximum Gasteiger partial charge on any atom is 0.303 e. The summed E-state index contributed by atoms with van der Waals surface area (Å²) in [5, 5.41) is 9.19. The lowest BCUT2D eigenvalue weighted by molar-refractivity contribution is -0.137. The van der Waals surface area contributed by atoms with Crippen molar-refractivity contribution in [3.63, 3.8) is 0 Å². The smallest absolute Gasteiger partial charge is 0.303 e. The van der Waals surface area contributed by atoms with E-state index in [1.165, 1.54) is 56.1 Å². The second kappa shape index (κ2) is 5.88. The van der Waals surface area contributed by atoms with E-state index < -0.39 is 5.97 Å². The quantitative estimate of drug-likeness (QED) is 0.624. The van der Waals surface area contributed by atoms with Crippen LogP contribution in [0.25, 0.3) is 0 Å². The van der Waals surface area contributed by atoms with Gasteiger partial charge in [0, 0.05) is 6.42 Å². The zero-order valence-corrected chi connectivity index (χ0v) is 16.4. The summed E-state index contributed by atoms with van der Waals surface area (Å²) >= 11 is 0. The number of hydrogen-bond donors (Lipinski definition) is 1. The molecule has 0 aromatic rings. The van der Waals surface area contributed by atoms with Crippen LogP contribution < -0.4 is 0 Å². The molecule has 0 radical (unpaired) electrons. The Labute approximate surface area is 148 Å². The molecule has 1 N–H and O–H groups in total. The van der Waals surface area contributed by atoms with Crippen molar-refractivity contribution in [1.82, 2.24) is 0 Å². The van der Waals surface area contributed by atoms with Crippen molar-refractivity contribution in [2.75, 3.05) is 0 Å². The lowest BCUT2D eigenvalue weighted by Gasteiger charge is -2.64. The van der Waals surface area contributed by atoms with Crippen LogP contribution in [-0.4, -0.2) is 11.1 Å². The van der Waals surface area contributed by atoms with E-state index in [-0.39, 0.29) is 5.41 Å². The summed E-state index contributed by atoms with van der Waals surface area (Å²) in [4.78, 5) is 11.2. The molecule has 24 heavy (non-hydrogen) atoms. The maximum atomic E-state index is 11.2. The third-order valence-electron chi connectivity index (χ3n) is 8.39. The molecule has 0 aromatic carbocycles. The molecule has 0 saturated heterocycles. The average Bonchev–Trinajstić information content (AvgIpc) is 2.44. The second-order valence-corrected chi connectivity index (χ2v) is 10.1. The summed E-state index contributed by atoms with van der Waals surface area (Å²) in [6.07, 6.45) is 10.2. The van der Waals surface area contributed by atoms with Gasteiger partial charge in [-0.05, 0) is 80.0 Å². The van der Waals surface area contributed by atoms with Gasteiger partial charge in [0.2, 0.25) is 0 Å². The average molecular weight is 333 g/mol. The summed E-state index contributed by atoms with van der Waals surface area (Å²) in [7, 11) is 0. The van der Waals surface area contributed by atoms with Crippen LogP contribution in [0.5, 0.6) is 0 Å². The lowest BCUT2D eigenvalue weighted by Crippen LogP contribution is -2.56. The van der Waals surface area contributed by atoms with Crippen molar-refractivity contribution >= 4 is 5.97 Å². The number of hydrogen-bond acceptors (Lipinski definition) is 1. The molecule has 4 atom stereocenters. The Morgan fingerprint density at radius 3 is 2.46 bits per heavy atom. The number of carboxylic acids is 1. The first kappa shape index (κ1) is 18.0. The molecule has 0 bridgehead atoms. The van der Waals surface area contributed by atoms with Crippen molar-refractivity contribution in [3.05, 3.63) is 11.1 Å². The molecule has 2 heteroatoms. The molecule has 0 aromatic heterocycles. The highest BCUT2D eigenvalue weighted by atomic mass is 16.4. The Morgan fingerprint density at radius 2 is 1.79 bits per heavy atom.